The van der Waals surface area contributed by atoms with Gasteiger partial charge in [-0.2, -0.15) is 0 Å². The Morgan fingerprint density at radius 2 is 1.92 bits per heavy atom. The first-order valence-corrected chi connectivity index (χ1v) is 8.95. The zero-order chi connectivity index (χ0) is 17.4. The number of carbonyl (C=O) groups is 1. The average Bonchev–Trinajstić information content (AvgIpc) is 2.61. The Morgan fingerprint density at radius 1 is 1.17 bits per heavy atom. The van der Waals surface area contributed by atoms with Gasteiger partial charge in [-0.15, -0.1) is 0 Å². The quantitative estimate of drug-likeness (QED) is 0.739. The highest BCUT2D eigenvalue weighted by molar-refractivity contribution is 7.89. The molecule has 7 nitrogen and oxygen atoms in total. The number of rotatable bonds is 8. The van der Waals surface area contributed by atoms with Crippen LogP contribution in [0.4, 0.5) is 0 Å². The van der Waals surface area contributed by atoms with Gasteiger partial charge in [-0.3, -0.25) is 9.78 Å². The van der Waals surface area contributed by atoms with Crippen molar-refractivity contribution in [3.63, 3.8) is 0 Å². The number of carbonyl (C=O) groups excluding carboxylic acids is 1. The molecule has 0 aliphatic rings. The molecule has 0 saturated carbocycles. The van der Waals surface area contributed by atoms with E-state index >= 15 is 0 Å². The van der Waals surface area contributed by atoms with Gasteiger partial charge in [0, 0.05) is 18.3 Å². The second kappa shape index (κ2) is 8.42. The maximum Gasteiger partial charge on any atom is 0.251 e. The zero-order valence-electron chi connectivity index (χ0n) is 13.2. The molecule has 1 amide bonds. The third-order valence-corrected chi connectivity index (χ3v) is 4.53. The van der Waals surface area contributed by atoms with Gasteiger partial charge in [0.15, 0.2) is 0 Å². The van der Waals surface area contributed by atoms with Crippen molar-refractivity contribution < 1.29 is 17.9 Å². The van der Waals surface area contributed by atoms with Crippen molar-refractivity contribution in [3.8, 4) is 5.75 Å². The SMILES string of the molecule is COc1ccc(C(=O)NCCS(=O)(=O)NCc2ccccn2)cc1. The molecule has 2 aromatic rings. The molecular weight excluding hydrogens is 330 g/mol. The summed E-state index contributed by atoms with van der Waals surface area (Å²) in [5.74, 6) is 0.104. The Bertz CT molecular complexity index is 762. The molecule has 1 heterocycles. The number of benzene rings is 1. The molecule has 0 aliphatic carbocycles. The van der Waals surface area contributed by atoms with Crippen molar-refractivity contribution in [3.05, 3.63) is 59.9 Å². The van der Waals surface area contributed by atoms with E-state index in [0.29, 0.717) is 17.0 Å². The highest BCUT2D eigenvalue weighted by Gasteiger charge is 2.12. The van der Waals surface area contributed by atoms with Gasteiger partial charge < -0.3 is 10.1 Å². The summed E-state index contributed by atoms with van der Waals surface area (Å²) in [4.78, 5) is 16.0. The van der Waals surface area contributed by atoms with Crippen LogP contribution in [-0.4, -0.2) is 38.7 Å². The first-order chi connectivity index (χ1) is 11.5. The molecule has 0 radical (unpaired) electrons. The van der Waals surface area contributed by atoms with Crippen LogP contribution in [0.15, 0.2) is 48.7 Å². The van der Waals surface area contributed by atoms with Crippen molar-refractivity contribution in [1.82, 2.24) is 15.0 Å². The van der Waals surface area contributed by atoms with Crippen LogP contribution < -0.4 is 14.8 Å². The van der Waals surface area contributed by atoms with Crippen LogP contribution in [0.25, 0.3) is 0 Å². The summed E-state index contributed by atoms with van der Waals surface area (Å²) in [6.45, 7) is 0.137. The summed E-state index contributed by atoms with van der Waals surface area (Å²) < 4.78 is 31.3. The zero-order valence-corrected chi connectivity index (χ0v) is 14.0. The number of amides is 1. The largest absolute Gasteiger partial charge is 0.497 e. The summed E-state index contributed by atoms with van der Waals surface area (Å²) in [5, 5.41) is 2.58. The van der Waals surface area contributed by atoms with E-state index in [1.807, 2.05) is 0 Å². The van der Waals surface area contributed by atoms with Gasteiger partial charge in [-0.05, 0) is 36.4 Å². The Hall–Kier alpha value is -2.45. The van der Waals surface area contributed by atoms with E-state index in [4.69, 9.17) is 4.74 Å². The number of hydrogen-bond donors (Lipinski definition) is 2. The Morgan fingerprint density at radius 3 is 2.54 bits per heavy atom. The molecule has 0 bridgehead atoms. The van der Waals surface area contributed by atoms with E-state index in [0.717, 1.165) is 0 Å². The van der Waals surface area contributed by atoms with Crippen molar-refractivity contribution in [2.24, 2.45) is 0 Å². The fraction of sp³-hybridized carbons (Fsp3) is 0.250. The third kappa shape index (κ3) is 5.64. The van der Waals surface area contributed by atoms with Crippen LogP contribution in [-0.2, 0) is 16.6 Å². The summed E-state index contributed by atoms with van der Waals surface area (Å²) in [6, 6.07) is 11.8. The van der Waals surface area contributed by atoms with Crippen LogP contribution in [0, 0.1) is 0 Å². The lowest BCUT2D eigenvalue weighted by atomic mass is 10.2. The number of pyridine rings is 1. The fourth-order valence-electron chi connectivity index (χ4n) is 1.90. The Kier molecular flexibility index (Phi) is 6.28. The molecule has 1 aromatic carbocycles. The number of nitrogens with zero attached hydrogens (tertiary/aromatic N) is 1. The summed E-state index contributed by atoms with van der Waals surface area (Å²) in [6.07, 6.45) is 1.60. The number of hydrogen-bond acceptors (Lipinski definition) is 5. The van der Waals surface area contributed by atoms with Gasteiger partial charge in [-0.25, -0.2) is 13.1 Å². The molecule has 2 rings (SSSR count). The normalized spacial score (nSPS) is 11.0. The van der Waals surface area contributed by atoms with E-state index in [-0.39, 0.29) is 24.7 Å². The second-order valence-corrected chi connectivity index (χ2v) is 6.87. The van der Waals surface area contributed by atoms with Crippen molar-refractivity contribution >= 4 is 15.9 Å². The van der Waals surface area contributed by atoms with Crippen LogP contribution in [0.5, 0.6) is 5.75 Å². The van der Waals surface area contributed by atoms with Gasteiger partial charge in [0.25, 0.3) is 5.91 Å². The minimum absolute atomic E-state index is 0.0163. The molecule has 8 heteroatoms. The number of ether oxygens (including phenoxy) is 1. The lowest BCUT2D eigenvalue weighted by Gasteiger charge is -2.08. The lowest BCUT2D eigenvalue weighted by Crippen LogP contribution is -2.34. The van der Waals surface area contributed by atoms with Gasteiger partial charge >= 0.3 is 0 Å². The smallest absolute Gasteiger partial charge is 0.251 e. The molecule has 128 valence electrons. The van der Waals surface area contributed by atoms with Crippen LogP contribution in [0.2, 0.25) is 0 Å². The molecule has 0 saturated heterocycles. The molecule has 2 N–H and O–H groups in total. The predicted molar refractivity (Wildman–Crippen MR) is 90.2 cm³/mol. The molecule has 0 atom stereocenters. The maximum atomic E-state index is 11.9. The third-order valence-electron chi connectivity index (χ3n) is 3.21. The Labute approximate surface area is 141 Å². The number of aromatic nitrogens is 1. The van der Waals surface area contributed by atoms with Gasteiger partial charge in [0.05, 0.1) is 25.1 Å². The standard InChI is InChI=1S/C16H19N3O4S/c1-23-15-7-5-13(6-8-15)16(20)18-10-11-24(21,22)19-12-14-4-2-3-9-17-14/h2-9,19H,10-12H2,1H3,(H,18,20). The summed E-state index contributed by atoms with van der Waals surface area (Å²) in [5.41, 5.74) is 1.07. The minimum Gasteiger partial charge on any atom is -0.497 e. The highest BCUT2D eigenvalue weighted by Crippen LogP contribution is 2.10. The lowest BCUT2D eigenvalue weighted by molar-refractivity contribution is 0.0956. The average molecular weight is 349 g/mol. The second-order valence-electron chi connectivity index (χ2n) is 4.95. The number of nitrogens with one attached hydrogen (secondary N) is 2. The van der Waals surface area contributed by atoms with Crippen molar-refractivity contribution in [2.75, 3.05) is 19.4 Å². The predicted octanol–water partition coefficient (Wildman–Crippen LogP) is 0.940. The number of methoxy groups -OCH3 is 1. The number of sulfonamides is 1. The van der Waals surface area contributed by atoms with Crippen molar-refractivity contribution in [2.45, 2.75) is 6.54 Å². The summed E-state index contributed by atoms with van der Waals surface area (Å²) >= 11 is 0. The monoisotopic (exact) mass is 349 g/mol. The van der Waals surface area contributed by atoms with Gasteiger partial charge in [-0.1, -0.05) is 6.07 Å². The minimum atomic E-state index is -3.49. The Balaban J connectivity index is 1.78. The fourth-order valence-corrected chi connectivity index (χ4v) is 2.79. The molecule has 1 aromatic heterocycles. The highest BCUT2D eigenvalue weighted by atomic mass is 32.2. The molecule has 24 heavy (non-hydrogen) atoms. The van der Waals surface area contributed by atoms with E-state index in [2.05, 4.69) is 15.0 Å². The van der Waals surface area contributed by atoms with E-state index in [1.165, 1.54) is 7.11 Å². The topological polar surface area (TPSA) is 97.4 Å². The first kappa shape index (κ1) is 17.9. The van der Waals surface area contributed by atoms with Crippen LogP contribution >= 0.6 is 0 Å². The van der Waals surface area contributed by atoms with Crippen LogP contribution in [0.3, 0.4) is 0 Å². The van der Waals surface area contributed by atoms with Gasteiger partial charge in [0.2, 0.25) is 10.0 Å². The van der Waals surface area contributed by atoms with E-state index < -0.39 is 10.0 Å². The first-order valence-electron chi connectivity index (χ1n) is 7.30. The molecular formula is C16H19N3O4S. The van der Waals surface area contributed by atoms with Gasteiger partial charge in [0.1, 0.15) is 5.75 Å². The molecule has 0 fully saturated rings. The molecule has 0 spiro atoms. The van der Waals surface area contributed by atoms with Crippen molar-refractivity contribution in [1.29, 1.82) is 0 Å². The summed E-state index contributed by atoms with van der Waals surface area (Å²) in [7, 11) is -1.95. The molecule has 0 unspecified atom stereocenters. The maximum absolute atomic E-state index is 11.9. The van der Waals surface area contributed by atoms with E-state index in [1.54, 1.807) is 48.7 Å². The van der Waals surface area contributed by atoms with E-state index in [9.17, 15) is 13.2 Å². The van der Waals surface area contributed by atoms with Crippen LogP contribution in [0.1, 0.15) is 16.1 Å². The molecule has 0 aliphatic heterocycles.